The fourth-order valence-corrected chi connectivity index (χ4v) is 1.54. The largest absolute Gasteiger partial charge is 0.388 e. The molecule has 1 aliphatic carbocycles. The van der Waals surface area contributed by atoms with Gasteiger partial charge in [0.25, 0.3) is 0 Å². The van der Waals surface area contributed by atoms with Gasteiger partial charge in [0.2, 0.25) is 0 Å². The van der Waals surface area contributed by atoms with Gasteiger partial charge in [-0.2, -0.15) is 0 Å². The molecular formula is C10H16N2. The first-order chi connectivity index (χ1) is 5.79. The number of hydrogen-bond acceptors (Lipinski definition) is 2. The zero-order chi connectivity index (χ0) is 8.97. The fourth-order valence-electron chi connectivity index (χ4n) is 1.54. The summed E-state index contributed by atoms with van der Waals surface area (Å²) >= 11 is 0. The second kappa shape index (κ2) is 4.10. The van der Waals surface area contributed by atoms with Crippen LogP contribution in [0.15, 0.2) is 28.5 Å². The smallest absolute Gasteiger partial charge is 0.0448 e. The van der Waals surface area contributed by atoms with Gasteiger partial charge in [-0.3, -0.25) is 4.99 Å². The molecule has 2 nitrogen and oxygen atoms in total. The van der Waals surface area contributed by atoms with E-state index in [4.69, 9.17) is 0 Å². The first kappa shape index (κ1) is 9.04. The van der Waals surface area contributed by atoms with Gasteiger partial charge < -0.3 is 5.32 Å². The molecule has 1 aliphatic rings. The third-order valence-corrected chi connectivity index (χ3v) is 2.30. The van der Waals surface area contributed by atoms with E-state index in [9.17, 15) is 0 Å². The van der Waals surface area contributed by atoms with Crippen molar-refractivity contribution in [2.45, 2.75) is 25.7 Å². The summed E-state index contributed by atoms with van der Waals surface area (Å²) in [5.74, 6) is 0. The predicted octanol–water partition coefficient (Wildman–Crippen LogP) is 2.25. The Hall–Kier alpha value is -1.05. The van der Waals surface area contributed by atoms with E-state index in [1.807, 2.05) is 7.05 Å². The van der Waals surface area contributed by atoms with E-state index in [1.165, 1.54) is 18.4 Å². The van der Waals surface area contributed by atoms with Crippen LogP contribution in [0.1, 0.15) is 25.7 Å². The van der Waals surface area contributed by atoms with Crippen LogP contribution in [0.3, 0.4) is 0 Å². The van der Waals surface area contributed by atoms with Gasteiger partial charge in [0.15, 0.2) is 0 Å². The van der Waals surface area contributed by atoms with E-state index in [1.54, 1.807) is 0 Å². The zero-order valence-electron chi connectivity index (χ0n) is 7.69. The summed E-state index contributed by atoms with van der Waals surface area (Å²) in [6.07, 6.45) is 4.62. The number of likely N-dealkylation sites (N-methyl/N-ethyl adjacent to an activating group) is 1. The monoisotopic (exact) mass is 164 g/mol. The molecule has 0 heterocycles. The maximum absolute atomic E-state index is 4.03. The molecule has 0 aromatic carbocycles. The number of allylic oxidation sites excluding steroid dienone is 2. The summed E-state index contributed by atoms with van der Waals surface area (Å²) < 4.78 is 0. The second-order valence-electron chi connectivity index (χ2n) is 3.02. The van der Waals surface area contributed by atoms with Crippen molar-refractivity contribution in [2.24, 2.45) is 4.99 Å². The van der Waals surface area contributed by atoms with E-state index < -0.39 is 0 Å². The molecular weight excluding hydrogens is 148 g/mol. The molecule has 1 N–H and O–H groups in total. The molecule has 0 amide bonds. The quantitative estimate of drug-likeness (QED) is 0.636. The average Bonchev–Trinajstić information content (AvgIpc) is 2.16. The van der Waals surface area contributed by atoms with Gasteiger partial charge in [-0.25, -0.2) is 0 Å². The van der Waals surface area contributed by atoms with Crippen molar-refractivity contribution in [2.75, 3.05) is 7.05 Å². The fraction of sp³-hybridized carbons (Fsp3) is 0.500. The Labute approximate surface area is 74.1 Å². The number of rotatable bonds is 3. The third-order valence-electron chi connectivity index (χ3n) is 2.30. The van der Waals surface area contributed by atoms with Crippen LogP contribution in [-0.2, 0) is 0 Å². The van der Waals surface area contributed by atoms with Gasteiger partial charge in [0.05, 0.1) is 0 Å². The van der Waals surface area contributed by atoms with Crippen molar-refractivity contribution in [3.05, 3.63) is 23.5 Å². The van der Waals surface area contributed by atoms with Crippen LogP contribution < -0.4 is 5.32 Å². The molecule has 0 saturated heterocycles. The lowest BCUT2D eigenvalue weighted by atomic mass is 9.94. The predicted molar refractivity (Wildman–Crippen MR) is 53.2 cm³/mol. The number of aliphatic imine (C=N–C) groups is 1. The van der Waals surface area contributed by atoms with Gasteiger partial charge >= 0.3 is 0 Å². The first-order valence-corrected chi connectivity index (χ1v) is 4.35. The number of hydrogen-bond donors (Lipinski definition) is 1. The van der Waals surface area contributed by atoms with Crippen LogP contribution in [0.2, 0.25) is 0 Å². The molecule has 0 bridgehead atoms. The maximum Gasteiger partial charge on any atom is 0.0448 e. The van der Waals surface area contributed by atoms with Crippen molar-refractivity contribution >= 4 is 6.72 Å². The summed E-state index contributed by atoms with van der Waals surface area (Å²) in [7, 11) is 1.89. The van der Waals surface area contributed by atoms with Crippen LogP contribution in [0, 0.1) is 0 Å². The lowest BCUT2D eigenvalue weighted by Gasteiger charge is -2.18. The average molecular weight is 164 g/mol. The summed E-state index contributed by atoms with van der Waals surface area (Å²) in [4.78, 5) is 4.03. The summed E-state index contributed by atoms with van der Waals surface area (Å²) in [5.41, 5.74) is 3.39. The molecule has 0 aromatic heterocycles. The highest BCUT2D eigenvalue weighted by atomic mass is 14.8. The normalized spacial score (nSPS) is 17.4. The van der Waals surface area contributed by atoms with E-state index >= 15 is 0 Å². The van der Waals surface area contributed by atoms with Crippen LogP contribution in [0.25, 0.3) is 0 Å². The lowest BCUT2D eigenvalue weighted by Crippen LogP contribution is -2.11. The SMILES string of the molecule is C=NC1=C(C(=C)NC)CCCC1. The van der Waals surface area contributed by atoms with E-state index in [-0.39, 0.29) is 0 Å². The minimum absolute atomic E-state index is 0.997. The molecule has 2 heteroatoms. The van der Waals surface area contributed by atoms with Crippen LogP contribution >= 0.6 is 0 Å². The Bertz CT molecular complexity index is 226. The Morgan fingerprint density at radius 2 is 2.08 bits per heavy atom. The maximum atomic E-state index is 4.03. The van der Waals surface area contributed by atoms with Crippen molar-refractivity contribution in [3.8, 4) is 0 Å². The highest BCUT2D eigenvalue weighted by molar-refractivity contribution is 5.38. The summed E-state index contributed by atoms with van der Waals surface area (Å²) in [6.45, 7) is 7.51. The van der Waals surface area contributed by atoms with Crippen molar-refractivity contribution in [3.63, 3.8) is 0 Å². The lowest BCUT2D eigenvalue weighted by molar-refractivity contribution is 0.665. The topological polar surface area (TPSA) is 24.4 Å². The highest BCUT2D eigenvalue weighted by Gasteiger charge is 2.12. The Kier molecular flexibility index (Phi) is 3.09. The van der Waals surface area contributed by atoms with Gasteiger partial charge in [-0.15, -0.1) is 0 Å². The molecule has 1 rings (SSSR count). The van der Waals surface area contributed by atoms with Crippen LogP contribution in [0.5, 0.6) is 0 Å². The third kappa shape index (κ3) is 1.76. The Morgan fingerprint density at radius 3 is 2.67 bits per heavy atom. The Morgan fingerprint density at radius 1 is 1.42 bits per heavy atom. The summed E-state index contributed by atoms with van der Waals surface area (Å²) in [6, 6.07) is 0. The first-order valence-electron chi connectivity index (χ1n) is 4.35. The summed E-state index contributed by atoms with van der Waals surface area (Å²) in [5, 5.41) is 3.06. The highest BCUT2D eigenvalue weighted by Crippen LogP contribution is 2.28. The molecule has 0 saturated carbocycles. The molecule has 0 atom stereocenters. The minimum Gasteiger partial charge on any atom is -0.388 e. The molecule has 0 spiro atoms. The molecule has 0 fully saturated rings. The van der Waals surface area contributed by atoms with Crippen LogP contribution in [0.4, 0.5) is 0 Å². The van der Waals surface area contributed by atoms with E-state index in [0.717, 1.165) is 24.2 Å². The van der Waals surface area contributed by atoms with Crippen molar-refractivity contribution < 1.29 is 0 Å². The molecule has 0 unspecified atom stereocenters. The van der Waals surface area contributed by atoms with E-state index in [0.29, 0.717) is 0 Å². The number of nitrogens with one attached hydrogen (secondary N) is 1. The minimum atomic E-state index is 0.997. The van der Waals surface area contributed by atoms with Crippen LogP contribution in [-0.4, -0.2) is 13.8 Å². The molecule has 0 aliphatic heterocycles. The van der Waals surface area contributed by atoms with Gasteiger partial charge in [0, 0.05) is 18.4 Å². The number of nitrogens with zero attached hydrogens (tertiary/aromatic N) is 1. The second-order valence-corrected chi connectivity index (χ2v) is 3.02. The van der Waals surface area contributed by atoms with E-state index in [2.05, 4.69) is 23.6 Å². The molecule has 66 valence electrons. The van der Waals surface area contributed by atoms with Crippen molar-refractivity contribution in [1.82, 2.24) is 5.32 Å². The van der Waals surface area contributed by atoms with Crippen molar-refractivity contribution in [1.29, 1.82) is 0 Å². The molecule has 0 aromatic rings. The Balaban J connectivity index is 2.86. The van der Waals surface area contributed by atoms with Gasteiger partial charge in [0.1, 0.15) is 0 Å². The molecule has 0 radical (unpaired) electrons. The van der Waals surface area contributed by atoms with Gasteiger partial charge in [-0.05, 0) is 38.0 Å². The van der Waals surface area contributed by atoms with Gasteiger partial charge in [-0.1, -0.05) is 6.58 Å². The standard InChI is InChI=1S/C10H16N2/c1-8(11-2)9-6-4-5-7-10(9)12-3/h11H,1,3-7H2,2H3. The zero-order valence-corrected chi connectivity index (χ0v) is 7.69. The molecule has 12 heavy (non-hydrogen) atoms.